The molecule has 0 aliphatic carbocycles. The molecular weight excluding hydrogens is 410 g/mol. The van der Waals surface area contributed by atoms with Crippen LogP contribution in [0.3, 0.4) is 0 Å². The molecular formula is C25H25NO4S. The maximum absolute atomic E-state index is 12.5. The summed E-state index contributed by atoms with van der Waals surface area (Å²) in [6.07, 6.45) is 4.11. The Morgan fingerprint density at radius 1 is 1.03 bits per heavy atom. The monoisotopic (exact) mass is 435 g/mol. The number of carbonyl (C=O) groups is 2. The van der Waals surface area contributed by atoms with Gasteiger partial charge in [-0.05, 0) is 48.7 Å². The van der Waals surface area contributed by atoms with E-state index in [9.17, 15) is 9.59 Å². The highest BCUT2D eigenvalue weighted by Crippen LogP contribution is 2.36. The summed E-state index contributed by atoms with van der Waals surface area (Å²) in [5.74, 6) is 0.0238. The number of amides is 1. The van der Waals surface area contributed by atoms with Gasteiger partial charge in [0.15, 0.2) is 0 Å². The van der Waals surface area contributed by atoms with Gasteiger partial charge < -0.3 is 14.8 Å². The van der Waals surface area contributed by atoms with Crippen molar-refractivity contribution in [3.05, 3.63) is 77.9 Å². The molecule has 31 heavy (non-hydrogen) atoms. The minimum atomic E-state index is -0.456. The molecule has 1 aromatic heterocycles. The lowest BCUT2D eigenvalue weighted by atomic mass is 10.1. The third-order valence-electron chi connectivity index (χ3n) is 4.30. The van der Waals surface area contributed by atoms with Gasteiger partial charge in [-0.3, -0.25) is 4.79 Å². The molecule has 0 bridgehead atoms. The van der Waals surface area contributed by atoms with E-state index in [1.807, 2.05) is 54.6 Å². The van der Waals surface area contributed by atoms with Crippen LogP contribution in [0.4, 0.5) is 5.00 Å². The Hall–Kier alpha value is -3.38. The Bertz CT molecular complexity index is 1040. The highest BCUT2D eigenvalue weighted by Gasteiger charge is 2.19. The molecule has 5 nitrogen and oxygen atoms in total. The molecule has 2 aromatic carbocycles. The first-order chi connectivity index (χ1) is 15.1. The first-order valence-corrected chi connectivity index (χ1v) is 11.0. The number of carbonyl (C=O) groups excluding carboxylic acids is 2. The van der Waals surface area contributed by atoms with E-state index in [0.29, 0.717) is 17.2 Å². The van der Waals surface area contributed by atoms with E-state index in [4.69, 9.17) is 9.47 Å². The lowest BCUT2D eigenvalue weighted by molar-refractivity contribution is -0.111. The summed E-state index contributed by atoms with van der Waals surface area (Å²) < 4.78 is 10.7. The number of thiophene rings is 1. The molecule has 0 spiro atoms. The summed E-state index contributed by atoms with van der Waals surface area (Å²) in [6.45, 7) is 4.74. The van der Waals surface area contributed by atoms with E-state index in [1.54, 1.807) is 19.1 Å². The maximum Gasteiger partial charge on any atom is 0.341 e. The summed E-state index contributed by atoms with van der Waals surface area (Å²) in [5.41, 5.74) is 2.20. The second-order valence-corrected chi connectivity index (χ2v) is 7.73. The predicted molar refractivity (Wildman–Crippen MR) is 126 cm³/mol. The molecule has 3 rings (SSSR count). The summed E-state index contributed by atoms with van der Waals surface area (Å²) in [7, 11) is 0. The standard InChI is InChI=1S/C25H25NO4S/c1-3-16-30-20-13-10-18(11-14-20)12-15-23(27)26-24-21(25(28)29-4-2)17-22(31-24)19-8-6-5-7-9-19/h5-15,17H,3-4,16H2,1-2H3,(H,26,27). The second kappa shape index (κ2) is 11.1. The zero-order valence-electron chi connectivity index (χ0n) is 17.6. The fourth-order valence-electron chi connectivity index (χ4n) is 2.81. The largest absolute Gasteiger partial charge is 0.494 e. The minimum absolute atomic E-state index is 0.264. The van der Waals surface area contributed by atoms with Gasteiger partial charge >= 0.3 is 5.97 Å². The van der Waals surface area contributed by atoms with E-state index in [2.05, 4.69) is 12.2 Å². The Balaban J connectivity index is 1.74. The van der Waals surface area contributed by atoms with E-state index in [1.165, 1.54) is 17.4 Å². The zero-order valence-corrected chi connectivity index (χ0v) is 18.4. The molecule has 1 N–H and O–H groups in total. The Morgan fingerprint density at radius 2 is 1.77 bits per heavy atom. The Morgan fingerprint density at radius 3 is 2.45 bits per heavy atom. The number of ether oxygens (including phenoxy) is 2. The van der Waals surface area contributed by atoms with E-state index in [-0.39, 0.29) is 12.5 Å². The Labute approximate surface area is 186 Å². The van der Waals surface area contributed by atoms with Gasteiger partial charge in [-0.2, -0.15) is 0 Å². The van der Waals surface area contributed by atoms with Crippen molar-refractivity contribution in [3.8, 4) is 16.2 Å². The number of anilines is 1. The molecule has 0 fully saturated rings. The molecule has 160 valence electrons. The quantitative estimate of drug-likeness (QED) is 0.329. The molecule has 0 aliphatic heterocycles. The first kappa shape index (κ1) is 22.3. The molecule has 0 saturated carbocycles. The molecule has 3 aromatic rings. The van der Waals surface area contributed by atoms with Gasteiger partial charge in [-0.1, -0.05) is 49.4 Å². The molecule has 0 saturated heterocycles. The molecule has 0 aliphatic rings. The fraction of sp³-hybridized carbons (Fsp3) is 0.200. The SMILES string of the molecule is CCCOc1ccc(C=CC(=O)Nc2sc(-c3ccccc3)cc2C(=O)OCC)cc1. The zero-order chi connectivity index (χ0) is 22.1. The first-order valence-electron chi connectivity index (χ1n) is 10.2. The van der Waals surface area contributed by atoms with Crippen LogP contribution in [0.5, 0.6) is 5.75 Å². The van der Waals surface area contributed by atoms with Crippen molar-refractivity contribution in [2.45, 2.75) is 20.3 Å². The van der Waals surface area contributed by atoms with Crippen LogP contribution in [0.2, 0.25) is 0 Å². The van der Waals surface area contributed by atoms with Gasteiger partial charge in [0.1, 0.15) is 10.8 Å². The van der Waals surface area contributed by atoms with Crippen molar-refractivity contribution in [2.75, 3.05) is 18.5 Å². The molecule has 1 amide bonds. The lowest BCUT2D eigenvalue weighted by Gasteiger charge is -2.05. The van der Waals surface area contributed by atoms with Crippen LogP contribution in [0.1, 0.15) is 36.2 Å². The maximum atomic E-state index is 12.5. The normalized spacial score (nSPS) is 10.8. The summed E-state index contributed by atoms with van der Waals surface area (Å²) in [6, 6.07) is 19.0. The van der Waals surface area contributed by atoms with Crippen LogP contribution >= 0.6 is 11.3 Å². The number of esters is 1. The second-order valence-electron chi connectivity index (χ2n) is 6.68. The van der Waals surface area contributed by atoms with Crippen LogP contribution < -0.4 is 10.1 Å². The minimum Gasteiger partial charge on any atom is -0.494 e. The van der Waals surface area contributed by atoms with Crippen molar-refractivity contribution >= 4 is 34.3 Å². The van der Waals surface area contributed by atoms with Crippen molar-refractivity contribution < 1.29 is 19.1 Å². The lowest BCUT2D eigenvalue weighted by Crippen LogP contribution is -2.11. The number of hydrogen-bond donors (Lipinski definition) is 1. The number of rotatable bonds is 9. The van der Waals surface area contributed by atoms with Gasteiger partial charge in [0.2, 0.25) is 5.91 Å². The van der Waals surface area contributed by atoms with Crippen LogP contribution in [-0.2, 0) is 9.53 Å². The number of nitrogens with one attached hydrogen (secondary N) is 1. The number of benzene rings is 2. The highest BCUT2D eigenvalue weighted by atomic mass is 32.1. The highest BCUT2D eigenvalue weighted by molar-refractivity contribution is 7.20. The van der Waals surface area contributed by atoms with E-state index in [0.717, 1.165) is 28.2 Å². The molecule has 0 unspecified atom stereocenters. The molecule has 1 heterocycles. The topological polar surface area (TPSA) is 64.6 Å². The smallest absolute Gasteiger partial charge is 0.341 e. The van der Waals surface area contributed by atoms with E-state index < -0.39 is 5.97 Å². The van der Waals surface area contributed by atoms with Crippen LogP contribution in [0, 0.1) is 0 Å². The summed E-state index contributed by atoms with van der Waals surface area (Å²) in [4.78, 5) is 25.8. The van der Waals surface area contributed by atoms with Gasteiger partial charge in [0.05, 0.1) is 18.8 Å². The molecule has 0 radical (unpaired) electrons. The van der Waals surface area contributed by atoms with Crippen LogP contribution in [0.25, 0.3) is 16.5 Å². The molecule has 6 heteroatoms. The van der Waals surface area contributed by atoms with E-state index >= 15 is 0 Å². The van der Waals surface area contributed by atoms with Crippen molar-refractivity contribution in [1.82, 2.24) is 0 Å². The average molecular weight is 436 g/mol. The van der Waals surface area contributed by atoms with Gasteiger partial charge in [-0.25, -0.2) is 4.79 Å². The Kier molecular flexibility index (Phi) is 8.01. The van der Waals surface area contributed by atoms with Crippen molar-refractivity contribution in [1.29, 1.82) is 0 Å². The summed E-state index contributed by atoms with van der Waals surface area (Å²) in [5, 5.41) is 3.28. The third kappa shape index (κ3) is 6.30. The van der Waals surface area contributed by atoms with Gasteiger partial charge in [0.25, 0.3) is 0 Å². The third-order valence-corrected chi connectivity index (χ3v) is 5.40. The number of hydrogen-bond acceptors (Lipinski definition) is 5. The van der Waals surface area contributed by atoms with Crippen molar-refractivity contribution in [2.24, 2.45) is 0 Å². The summed E-state index contributed by atoms with van der Waals surface area (Å²) >= 11 is 1.34. The van der Waals surface area contributed by atoms with Crippen LogP contribution in [0.15, 0.2) is 66.7 Å². The van der Waals surface area contributed by atoms with Crippen LogP contribution in [-0.4, -0.2) is 25.1 Å². The van der Waals surface area contributed by atoms with Gasteiger partial charge in [-0.15, -0.1) is 11.3 Å². The molecule has 0 atom stereocenters. The van der Waals surface area contributed by atoms with Crippen molar-refractivity contribution in [3.63, 3.8) is 0 Å². The average Bonchev–Trinajstić information content (AvgIpc) is 3.21. The fourth-order valence-corrected chi connectivity index (χ4v) is 3.86. The predicted octanol–water partition coefficient (Wildman–Crippen LogP) is 6.03. The van der Waals surface area contributed by atoms with Gasteiger partial charge in [0, 0.05) is 11.0 Å².